The summed E-state index contributed by atoms with van der Waals surface area (Å²) >= 11 is 0. The van der Waals surface area contributed by atoms with Crippen LogP contribution in [-0.4, -0.2) is 17.7 Å². The fraction of sp³-hybridized carbons (Fsp3) is 0.524. The minimum atomic E-state index is -1.20. The Balaban J connectivity index is 1.90. The van der Waals surface area contributed by atoms with Crippen LogP contribution in [0.25, 0.3) is 0 Å². The van der Waals surface area contributed by atoms with E-state index in [4.69, 9.17) is 9.47 Å². The van der Waals surface area contributed by atoms with Gasteiger partial charge in [-0.3, -0.25) is 9.59 Å². The Morgan fingerprint density at radius 2 is 1.60 bits per heavy atom. The van der Waals surface area contributed by atoms with Gasteiger partial charge in [-0.05, 0) is 30.9 Å². The Kier molecular flexibility index (Phi) is 5.13. The summed E-state index contributed by atoms with van der Waals surface area (Å²) in [5.74, 6) is 3.02. The van der Waals surface area contributed by atoms with E-state index in [0.717, 1.165) is 31.2 Å². The van der Waals surface area contributed by atoms with Gasteiger partial charge in [0.2, 0.25) is 0 Å². The summed E-state index contributed by atoms with van der Waals surface area (Å²) in [4.78, 5) is 25.0. The van der Waals surface area contributed by atoms with Gasteiger partial charge in [-0.2, -0.15) is 0 Å². The van der Waals surface area contributed by atoms with Crippen molar-refractivity contribution in [3.63, 3.8) is 0 Å². The maximum absolute atomic E-state index is 12.5. The fourth-order valence-corrected chi connectivity index (χ4v) is 3.68. The summed E-state index contributed by atoms with van der Waals surface area (Å²) in [5, 5.41) is 0. The van der Waals surface area contributed by atoms with E-state index in [1.807, 2.05) is 30.3 Å². The molecule has 1 aromatic rings. The van der Waals surface area contributed by atoms with Crippen LogP contribution in [0.1, 0.15) is 51.5 Å². The second-order valence-corrected chi connectivity index (χ2v) is 7.28. The second-order valence-electron chi connectivity index (χ2n) is 7.28. The molecule has 25 heavy (non-hydrogen) atoms. The van der Waals surface area contributed by atoms with Crippen molar-refractivity contribution in [2.24, 2.45) is 17.8 Å². The van der Waals surface area contributed by atoms with E-state index in [-0.39, 0.29) is 11.8 Å². The van der Waals surface area contributed by atoms with Gasteiger partial charge in [0.15, 0.2) is 5.92 Å². The molecule has 1 saturated heterocycles. The SMILES string of the molecule is CC1(C)OC(=O)C([C@H](C#Cc2ccccc2)C2CCCCC2)C(=O)O1. The second kappa shape index (κ2) is 7.31. The topological polar surface area (TPSA) is 52.6 Å². The van der Waals surface area contributed by atoms with Crippen molar-refractivity contribution in [2.45, 2.75) is 51.7 Å². The molecule has 1 heterocycles. The standard InChI is InChI=1S/C21H24O4/c1-21(2)24-19(22)18(20(23)25-21)17(16-11-7-4-8-12-16)14-13-15-9-5-3-6-10-15/h3,5-6,9-10,16-18H,4,7-8,11-12H2,1-2H3/t17-/m1/s1. The van der Waals surface area contributed by atoms with Gasteiger partial charge in [0.1, 0.15) is 0 Å². The highest BCUT2D eigenvalue weighted by Crippen LogP contribution is 2.37. The van der Waals surface area contributed by atoms with Crippen molar-refractivity contribution in [2.75, 3.05) is 0 Å². The van der Waals surface area contributed by atoms with Gasteiger partial charge in [-0.1, -0.05) is 49.3 Å². The Morgan fingerprint density at radius 1 is 1.00 bits per heavy atom. The minimum Gasteiger partial charge on any atom is -0.422 e. The van der Waals surface area contributed by atoms with E-state index in [1.165, 1.54) is 6.42 Å². The summed E-state index contributed by atoms with van der Waals surface area (Å²) in [6.45, 7) is 3.15. The molecule has 1 aromatic carbocycles. The molecule has 0 aromatic heterocycles. The van der Waals surface area contributed by atoms with E-state index < -0.39 is 23.6 Å². The zero-order valence-corrected chi connectivity index (χ0v) is 14.8. The van der Waals surface area contributed by atoms with Crippen LogP contribution in [0.15, 0.2) is 30.3 Å². The molecule has 2 aliphatic rings. The number of hydrogen-bond donors (Lipinski definition) is 0. The molecular formula is C21H24O4. The van der Waals surface area contributed by atoms with Crippen molar-refractivity contribution in [1.82, 2.24) is 0 Å². The molecule has 3 rings (SSSR count). The van der Waals surface area contributed by atoms with Gasteiger partial charge >= 0.3 is 11.9 Å². The summed E-state index contributed by atoms with van der Waals surface area (Å²) < 4.78 is 10.7. The molecular weight excluding hydrogens is 316 g/mol. The predicted octanol–water partition coefficient (Wildman–Crippen LogP) is 3.69. The third-order valence-electron chi connectivity index (χ3n) is 4.87. The monoisotopic (exact) mass is 340 g/mol. The number of cyclic esters (lactones) is 2. The highest BCUT2D eigenvalue weighted by atomic mass is 16.7. The Labute approximate surface area is 148 Å². The highest BCUT2D eigenvalue weighted by molar-refractivity contribution is 5.97. The molecule has 1 aliphatic carbocycles. The zero-order valence-electron chi connectivity index (χ0n) is 14.8. The maximum Gasteiger partial charge on any atom is 0.324 e. The molecule has 132 valence electrons. The molecule has 0 spiro atoms. The number of ether oxygens (including phenoxy) is 2. The third kappa shape index (κ3) is 4.22. The van der Waals surface area contributed by atoms with Crippen molar-refractivity contribution in [3.8, 4) is 11.8 Å². The quantitative estimate of drug-likeness (QED) is 0.468. The van der Waals surface area contributed by atoms with Crippen LogP contribution >= 0.6 is 0 Å². The van der Waals surface area contributed by atoms with Crippen molar-refractivity contribution >= 4 is 11.9 Å². The lowest BCUT2D eigenvalue weighted by atomic mass is 9.74. The average Bonchev–Trinajstić information content (AvgIpc) is 2.58. The number of hydrogen-bond acceptors (Lipinski definition) is 4. The van der Waals surface area contributed by atoms with Gasteiger partial charge in [0, 0.05) is 25.3 Å². The van der Waals surface area contributed by atoms with E-state index in [0.29, 0.717) is 0 Å². The predicted molar refractivity (Wildman–Crippen MR) is 93.1 cm³/mol. The van der Waals surface area contributed by atoms with Crippen molar-refractivity contribution < 1.29 is 19.1 Å². The fourth-order valence-electron chi connectivity index (χ4n) is 3.68. The normalized spacial score (nSPS) is 22.3. The highest BCUT2D eigenvalue weighted by Gasteiger charge is 2.48. The summed E-state index contributed by atoms with van der Waals surface area (Å²) in [6.07, 6.45) is 5.37. The lowest BCUT2D eigenvalue weighted by Crippen LogP contribution is -2.49. The largest absolute Gasteiger partial charge is 0.422 e. The van der Waals surface area contributed by atoms with E-state index in [9.17, 15) is 9.59 Å². The van der Waals surface area contributed by atoms with Crippen LogP contribution in [0.2, 0.25) is 0 Å². The molecule has 0 unspecified atom stereocenters. The van der Waals surface area contributed by atoms with E-state index in [2.05, 4.69) is 11.8 Å². The van der Waals surface area contributed by atoms with Gasteiger partial charge in [-0.25, -0.2) is 0 Å². The van der Waals surface area contributed by atoms with Gasteiger partial charge in [0.05, 0.1) is 0 Å². The molecule has 0 radical (unpaired) electrons. The Morgan fingerprint density at radius 3 is 2.20 bits per heavy atom. The van der Waals surface area contributed by atoms with Crippen LogP contribution in [0.5, 0.6) is 0 Å². The van der Waals surface area contributed by atoms with Crippen molar-refractivity contribution in [1.29, 1.82) is 0 Å². The molecule has 2 fully saturated rings. The third-order valence-corrected chi connectivity index (χ3v) is 4.87. The number of benzene rings is 1. The van der Waals surface area contributed by atoms with Crippen LogP contribution in [0.3, 0.4) is 0 Å². The van der Waals surface area contributed by atoms with Crippen LogP contribution < -0.4 is 0 Å². The molecule has 0 N–H and O–H groups in total. The van der Waals surface area contributed by atoms with Gasteiger partial charge in [0.25, 0.3) is 5.79 Å². The summed E-state index contributed by atoms with van der Waals surface area (Å²) in [5.41, 5.74) is 0.876. The first kappa shape index (κ1) is 17.5. The lowest BCUT2D eigenvalue weighted by Gasteiger charge is -2.37. The van der Waals surface area contributed by atoms with Gasteiger partial charge in [-0.15, -0.1) is 0 Å². The first-order valence-corrected chi connectivity index (χ1v) is 8.98. The van der Waals surface area contributed by atoms with Crippen LogP contribution in [0, 0.1) is 29.6 Å². The molecule has 4 heteroatoms. The number of rotatable bonds is 2. The number of esters is 2. The van der Waals surface area contributed by atoms with E-state index in [1.54, 1.807) is 13.8 Å². The zero-order chi connectivity index (χ0) is 17.9. The van der Waals surface area contributed by atoms with Crippen LogP contribution in [-0.2, 0) is 19.1 Å². The average molecular weight is 340 g/mol. The molecule has 1 atom stereocenters. The van der Waals surface area contributed by atoms with Crippen LogP contribution in [0.4, 0.5) is 0 Å². The molecule has 1 aliphatic heterocycles. The Bertz CT molecular complexity index is 670. The first-order chi connectivity index (χ1) is 12.0. The summed E-state index contributed by atoms with van der Waals surface area (Å²) in [6, 6.07) is 9.62. The van der Waals surface area contributed by atoms with Gasteiger partial charge < -0.3 is 9.47 Å². The number of carbonyl (C=O) groups excluding carboxylic acids is 2. The molecule has 0 bridgehead atoms. The maximum atomic E-state index is 12.5. The molecule has 4 nitrogen and oxygen atoms in total. The first-order valence-electron chi connectivity index (χ1n) is 8.98. The lowest BCUT2D eigenvalue weighted by molar-refractivity contribution is -0.242. The molecule has 1 saturated carbocycles. The molecule has 0 amide bonds. The van der Waals surface area contributed by atoms with E-state index >= 15 is 0 Å². The number of carbonyl (C=O) groups is 2. The van der Waals surface area contributed by atoms with Crippen molar-refractivity contribution in [3.05, 3.63) is 35.9 Å². The minimum absolute atomic E-state index is 0.219. The summed E-state index contributed by atoms with van der Waals surface area (Å²) in [7, 11) is 0. The Hall–Kier alpha value is -2.28. The smallest absolute Gasteiger partial charge is 0.324 e.